The first-order chi connectivity index (χ1) is 34.6. The van der Waals surface area contributed by atoms with E-state index in [9.17, 15) is 0 Å². The molecule has 0 aliphatic rings. The van der Waals surface area contributed by atoms with Gasteiger partial charge >= 0.3 is 0 Å². The van der Waals surface area contributed by atoms with E-state index >= 15 is 0 Å². The van der Waals surface area contributed by atoms with Crippen LogP contribution >= 0.6 is 0 Å². The van der Waals surface area contributed by atoms with Crippen LogP contribution in [0.3, 0.4) is 0 Å². The Bertz CT molecular complexity index is 2550. The lowest BCUT2D eigenvalue weighted by atomic mass is 9.95. The molecular weight excluding hydrogens is 845 g/mol. The summed E-state index contributed by atoms with van der Waals surface area (Å²) in [6, 6.07) is 65.4. The molecule has 0 amide bonds. The largest absolute Gasteiger partial charge is 0.309 e. The number of aromatic nitrogens is 2. The van der Waals surface area contributed by atoms with Crippen molar-refractivity contribution in [2.75, 3.05) is 0 Å². The number of hydrogen-bond donors (Lipinski definition) is 0. The number of nitrogens with zero attached hydrogens (tertiary/aromatic N) is 2. The monoisotopic (exact) mass is 925 g/mol. The van der Waals surface area contributed by atoms with E-state index in [-0.39, 0.29) is 0 Å². The molecule has 8 aromatic rings. The summed E-state index contributed by atoms with van der Waals surface area (Å²) in [7, 11) is 0. The quantitative estimate of drug-likeness (QED) is 0.0455. The van der Waals surface area contributed by atoms with Crippen LogP contribution in [0.15, 0.2) is 170 Å². The Balaban J connectivity index is 1.37. The lowest BCUT2D eigenvalue weighted by molar-refractivity contribution is 0.667. The lowest BCUT2D eigenvalue weighted by Gasteiger charge is -2.18. The van der Waals surface area contributed by atoms with E-state index in [2.05, 4.69) is 207 Å². The highest BCUT2D eigenvalue weighted by Crippen LogP contribution is 2.48. The van der Waals surface area contributed by atoms with Gasteiger partial charge in [-0.25, -0.2) is 0 Å². The predicted molar refractivity (Wildman–Crippen MR) is 304 cm³/mol. The van der Waals surface area contributed by atoms with Crippen LogP contribution in [-0.2, 0) is 25.7 Å². The summed E-state index contributed by atoms with van der Waals surface area (Å²) in [5.41, 5.74) is 20.2. The number of para-hydroxylation sites is 2. The van der Waals surface area contributed by atoms with E-state index in [0.29, 0.717) is 0 Å². The van der Waals surface area contributed by atoms with Crippen molar-refractivity contribution < 1.29 is 0 Å². The van der Waals surface area contributed by atoms with Crippen LogP contribution in [-0.4, -0.2) is 9.13 Å². The Labute approximate surface area is 422 Å². The maximum absolute atomic E-state index is 2.55. The molecule has 0 unspecified atom stereocenters. The normalized spacial score (nSPS) is 11.4. The zero-order valence-corrected chi connectivity index (χ0v) is 43.2. The molecule has 2 aromatic heterocycles. The fraction of sp³-hybridized carbons (Fsp3) is 0.353. The number of unbranched alkanes of at least 4 members (excludes halogenated alkanes) is 12. The van der Waals surface area contributed by atoms with Gasteiger partial charge in [-0.3, -0.25) is 0 Å². The second-order valence-corrected chi connectivity index (χ2v) is 20.0. The molecule has 0 radical (unpaired) electrons. The first kappa shape index (κ1) is 50.3. The van der Waals surface area contributed by atoms with Crippen LogP contribution in [0.25, 0.3) is 67.5 Å². The number of benzene rings is 6. The molecule has 0 aliphatic heterocycles. The van der Waals surface area contributed by atoms with Crippen molar-refractivity contribution in [2.24, 2.45) is 0 Å². The maximum atomic E-state index is 2.55. The lowest BCUT2D eigenvalue weighted by Crippen LogP contribution is -2.01. The van der Waals surface area contributed by atoms with E-state index in [1.54, 1.807) is 0 Å². The van der Waals surface area contributed by atoms with Crippen LogP contribution in [0.4, 0.5) is 0 Å². The Kier molecular flexibility index (Phi) is 18.8. The van der Waals surface area contributed by atoms with Gasteiger partial charge in [0.25, 0.3) is 0 Å². The molecule has 70 heavy (non-hydrogen) atoms. The third-order valence-electron chi connectivity index (χ3n) is 14.6. The smallest absolute Gasteiger partial charge is 0.0614 e. The highest BCUT2D eigenvalue weighted by atomic mass is 15.0. The number of aryl methyl sites for hydroxylation is 4. The van der Waals surface area contributed by atoms with Crippen molar-refractivity contribution in [3.8, 4) is 67.5 Å². The number of hydrogen-bond acceptors (Lipinski definition) is 0. The minimum atomic E-state index is 1.11. The highest BCUT2D eigenvalue weighted by molar-refractivity contribution is 5.97. The fourth-order valence-corrected chi connectivity index (χ4v) is 10.5. The molecule has 2 heteroatoms. The number of rotatable bonds is 27. The van der Waals surface area contributed by atoms with Gasteiger partial charge in [-0.2, -0.15) is 0 Å². The second-order valence-electron chi connectivity index (χ2n) is 20.0. The van der Waals surface area contributed by atoms with Gasteiger partial charge in [-0.1, -0.05) is 238 Å². The Morgan fingerprint density at radius 1 is 0.271 bits per heavy atom. The summed E-state index contributed by atoms with van der Waals surface area (Å²) in [4.78, 5) is 0. The van der Waals surface area contributed by atoms with Gasteiger partial charge in [0.15, 0.2) is 0 Å². The van der Waals surface area contributed by atoms with Gasteiger partial charge in [0.1, 0.15) is 0 Å². The molecule has 0 spiro atoms. The average Bonchev–Trinajstić information content (AvgIpc) is 4.01. The SMILES string of the molecule is CCCCCCc1ccc(-c2cc(-c3cc(-c4ccc(CCCCCC)cc4)n(-c4ccccc4)c3-c3ccc(CCCCCC)cc3)c(-c3ccc(CCCCCC)cc3)n2-c2ccccc2)cc1. The van der Waals surface area contributed by atoms with Gasteiger partial charge in [-0.05, 0) is 132 Å². The van der Waals surface area contributed by atoms with E-state index in [1.165, 1.54) is 181 Å². The van der Waals surface area contributed by atoms with Crippen LogP contribution in [0.2, 0.25) is 0 Å². The van der Waals surface area contributed by atoms with Gasteiger partial charge in [-0.15, -0.1) is 0 Å². The van der Waals surface area contributed by atoms with E-state index in [0.717, 1.165) is 37.1 Å². The molecule has 0 aliphatic carbocycles. The first-order valence-corrected chi connectivity index (χ1v) is 27.6. The molecule has 8 rings (SSSR count). The zero-order chi connectivity index (χ0) is 48.3. The van der Waals surface area contributed by atoms with Crippen LogP contribution in [0.1, 0.15) is 153 Å². The fourth-order valence-electron chi connectivity index (χ4n) is 10.5. The van der Waals surface area contributed by atoms with Gasteiger partial charge in [0.05, 0.1) is 22.8 Å². The zero-order valence-electron chi connectivity index (χ0n) is 43.2. The first-order valence-electron chi connectivity index (χ1n) is 27.6. The van der Waals surface area contributed by atoms with Crippen molar-refractivity contribution in [2.45, 2.75) is 156 Å². The summed E-state index contributed by atoms with van der Waals surface area (Å²) in [6.07, 6.45) is 24.8. The minimum absolute atomic E-state index is 1.11. The molecule has 0 N–H and O–H groups in total. The minimum Gasteiger partial charge on any atom is -0.309 e. The molecule has 6 aromatic carbocycles. The van der Waals surface area contributed by atoms with Gasteiger partial charge < -0.3 is 9.13 Å². The molecule has 2 heterocycles. The molecule has 0 saturated carbocycles. The highest BCUT2D eigenvalue weighted by Gasteiger charge is 2.27. The van der Waals surface area contributed by atoms with Crippen LogP contribution < -0.4 is 0 Å². The van der Waals surface area contributed by atoms with Gasteiger partial charge in [0.2, 0.25) is 0 Å². The van der Waals surface area contributed by atoms with Crippen molar-refractivity contribution in [1.82, 2.24) is 9.13 Å². The van der Waals surface area contributed by atoms with E-state index < -0.39 is 0 Å². The molecule has 0 saturated heterocycles. The molecule has 0 atom stereocenters. The second kappa shape index (κ2) is 26.2. The summed E-state index contributed by atoms with van der Waals surface area (Å²) in [5.74, 6) is 0. The molecule has 0 fully saturated rings. The summed E-state index contributed by atoms with van der Waals surface area (Å²) in [6.45, 7) is 9.18. The van der Waals surface area contributed by atoms with Crippen LogP contribution in [0, 0.1) is 0 Å². The molecule has 0 bridgehead atoms. The Hall–Kier alpha value is -6.12. The van der Waals surface area contributed by atoms with E-state index in [4.69, 9.17) is 0 Å². The van der Waals surface area contributed by atoms with Gasteiger partial charge in [0, 0.05) is 22.5 Å². The van der Waals surface area contributed by atoms with Crippen molar-refractivity contribution in [3.05, 3.63) is 192 Å². The van der Waals surface area contributed by atoms with Crippen molar-refractivity contribution >= 4 is 0 Å². The Morgan fingerprint density at radius 3 is 0.814 bits per heavy atom. The Morgan fingerprint density at radius 2 is 0.543 bits per heavy atom. The van der Waals surface area contributed by atoms with Crippen molar-refractivity contribution in [3.63, 3.8) is 0 Å². The summed E-state index contributed by atoms with van der Waals surface area (Å²) < 4.78 is 5.11. The predicted octanol–water partition coefficient (Wildman–Crippen LogP) is 20.1. The maximum Gasteiger partial charge on any atom is 0.0614 e. The third kappa shape index (κ3) is 12.8. The summed E-state index contributed by atoms with van der Waals surface area (Å²) >= 11 is 0. The summed E-state index contributed by atoms with van der Waals surface area (Å²) in [5, 5.41) is 0. The topological polar surface area (TPSA) is 9.86 Å². The van der Waals surface area contributed by atoms with E-state index in [1.807, 2.05) is 0 Å². The molecular formula is C68H80N2. The van der Waals surface area contributed by atoms with Crippen molar-refractivity contribution in [1.29, 1.82) is 0 Å². The third-order valence-corrected chi connectivity index (χ3v) is 14.6. The molecule has 2 nitrogen and oxygen atoms in total. The standard InChI is InChI=1S/C68H80N2/c1-5-9-13-19-27-53-35-43-57(44-36-53)65-51-63(67(69(65)61-31-23-17-24-32-61)59-47-39-55(40-48-59)29-21-15-11-7-3)64-52-66(58-45-37-54(38-46-58)28-20-14-10-6-2)70(62-33-25-18-26-34-62)68(64)60-49-41-56(42-50-60)30-22-16-12-8-4/h17-18,23-26,31-52H,5-16,19-22,27-30H2,1-4H3. The molecule has 362 valence electrons. The average molecular weight is 925 g/mol. The van der Waals surface area contributed by atoms with Crippen LogP contribution in [0.5, 0.6) is 0 Å².